The molecule has 1 unspecified atom stereocenters. The van der Waals surface area contributed by atoms with E-state index < -0.39 is 0 Å². The average Bonchev–Trinajstić information content (AvgIpc) is 2.13. The van der Waals surface area contributed by atoms with Crippen molar-refractivity contribution < 1.29 is 9.50 Å². The van der Waals surface area contributed by atoms with Crippen molar-refractivity contribution in [1.82, 2.24) is 5.32 Å². The second-order valence-corrected chi connectivity index (χ2v) is 3.86. The first-order valence-electron chi connectivity index (χ1n) is 3.92. The van der Waals surface area contributed by atoms with Gasteiger partial charge < -0.3 is 10.4 Å². The molecule has 1 aromatic carbocycles. The summed E-state index contributed by atoms with van der Waals surface area (Å²) in [4.78, 5) is 0. The predicted octanol–water partition coefficient (Wildman–Crippen LogP) is 1.68. The molecule has 0 saturated heterocycles. The highest BCUT2D eigenvalue weighted by atomic mass is 127. The first-order valence-corrected chi connectivity index (χ1v) is 5.00. The molecule has 1 rings (SSSR count). The van der Waals surface area contributed by atoms with Crippen LogP contribution in [-0.2, 0) is 0 Å². The fourth-order valence-electron chi connectivity index (χ4n) is 1.09. The van der Waals surface area contributed by atoms with Crippen molar-refractivity contribution >= 4 is 22.6 Å². The quantitative estimate of drug-likeness (QED) is 0.832. The fraction of sp³-hybridized carbons (Fsp3) is 0.333. The summed E-state index contributed by atoms with van der Waals surface area (Å²) >= 11 is 1.93. The SMILES string of the molecule is CNC(CO)c1ccc(F)c(I)c1. The Kier molecular flexibility index (Phi) is 4.08. The number of nitrogens with one attached hydrogen (secondary N) is 1. The lowest BCUT2D eigenvalue weighted by atomic mass is 10.1. The number of hydrogen-bond donors (Lipinski definition) is 2. The van der Waals surface area contributed by atoms with Crippen LogP contribution in [0.15, 0.2) is 18.2 Å². The van der Waals surface area contributed by atoms with Crippen molar-refractivity contribution in [3.8, 4) is 0 Å². The van der Waals surface area contributed by atoms with Crippen molar-refractivity contribution in [2.24, 2.45) is 0 Å². The van der Waals surface area contributed by atoms with E-state index in [0.29, 0.717) is 3.57 Å². The van der Waals surface area contributed by atoms with Gasteiger partial charge in [-0.3, -0.25) is 0 Å². The zero-order valence-corrected chi connectivity index (χ0v) is 9.38. The van der Waals surface area contributed by atoms with Crippen molar-refractivity contribution in [2.45, 2.75) is 6.04 Å². The van der Waals surface area contributed by atoms with Crippen LogP contribution in [0.25, 0.3) is 0 Å². The lowest BCUT2D eigenvalue weighted by Crippen LogP contribution is -2.20. The molecule has 2 N–H and O–H groups in total. The van der Waals surface area contributed by atoms with Gasteiger partial charge in [-0.05, 0) is 47.3 Å². The summed E-state index contributed by atoms with van der Waals surface area (Å²) in [5.74, 6) is -0.225. The molecule has 1 aromatic rings. The van der Waals surface area contributed by atoms with Crippen LogP contribution < -0.4 is 5.32 Å². The molecule has 0 saturated carbocycles. The smallest absolute Gasteiger partial charge is 0.136 e. The maximum atomic E-state index is 12.9. The van der Waals surface area contributed by atoms with Gasteiger partial charge in [-0.15, -0.1) is 0 Å². The molecule has 0 radical (unpaired) electrons. The van der Waals surface area contributed by atoms with E-state index in [2.05, 4.69) is 5.32 Å². The summed E-state index contributed by atoms with van der Waals surface area (Å²) in [7, 11) is 1.76. The van der Waals surface area contributed by atoms with Crippen LogP contribution in [0.2, 0.25) is 0 Å². The van der Waals surface area contributed by atoms with Crippen LogP contribution in [0, 0.1) is 9.39 Å². The van der Waals surface area contributed by atoms with Gasteiger partial charge in [0.05, 0.1) is 12.6 Å². The van der Waals surface area contributed by atoms with Crippen LogP contribution in [0.4, 0.5) is 4.39 Å². The number of aliphatic hydroxyl groups excluding tert-OH is 1. The molecule has 0 aliphatic rings. The number of likely N-dealkylation sites (N-methyl/N-ethyl adjacent to an activating group) is 1. The molecule has 0 aliphatic carbocycles. The second-order valence-electron chi connectivity index (χ2n) is 2.70. The molecular weight excluding hydrogens is 284 g/mol. The Balaban J connectivity index is 2.95. The molecule has 13 heavy (non-hydrogen) atoms. The monoisotopic (exact) mass is 295 g/mol. The van der Waals surface area contributed by atoms with E-state index in [4.69, 9.17) is 5.11 Å². The maximum Gasteiger partial charge on any atom is 0.136 e. The van der Waals surface area contributed by atoms with Crippen molar-refractivity contribution in [3.05, 3.63) is 33.1 Å². The normalized spacial score (nSPS) is 12.9. The summed E-state index contributed by atoms with van der Waals surface area (Å²) < 4.78 is 13.5. The van der Waals surface area contributed by atoms with Crippen LogP contribution >= 0.6 is 22.6 Å². The molecule has 0 aromatic heterocycles. The van der Waals surface area contributed by atoms with Crippen molar-refractivity contribution in [3.63, 3.8) is 0 Å². The van der Waals surface area contributed by atoms with E-state index >= 15 is 0 Å². The van der Waals surface area contributed by atoms with E-state index in [-0.39, 0.29) is 18.5 Å². The standard InChI is InChI=1S/C9H11FINO/c1-12-9(5-13)6-2-3-7(10)8(11)4-6/h2-4,9,12-13H,5H2,1H3. The summed E-state index contributed by atoms with van der Waals surface area (Å²) in [6.45, 7) is 0.0121. The molecule has 72 valence electrons. The Bertz CT molecular complexity index is 289. The van der Waals surface area contributed by atoms with Crippen molar-refractivity contribution in [2.75, 3.05) is 13.7 Å². The molecular formula is C9H11FINO. The lowest BCUT2D eigenvalue weighted by Gasteiger charge is -2.13. The number of hydrogen-bond acceptors (Lipinski definition) is 2. The zero-order chi connectivity index (χ0) is 9.84. The number of benzene rings is 1. The lowest BCUT2D eigenvalue weighted by molar-refractivity contribution is 0.251. The number of halogens is 2. The highest BCUT2D eigenvalue weighted by Crippen LogP contribution is 2.17. The van der Waals surface area contributed by atoms with E-state index in [0.717, 1.165) is 5.56 Å². The summed E-state index contributed by atoms with van der Waals surface area (Å²) in [5, 5.41) is 11.9. The van der Waals surface area contributed by atoms with E-state index in [9.17, 15) is 4.39 Å². The van der Waals surface area contributed by atoms with Crippen molar-refractivity contribution in [1.29, 1.82) is 0 Å². The van der Waals surface area contributed by atoms with Gasteiger partial charge in [0.25, 0.3) is 0 Å². The van der Waals surface area contributed by atoms with Gasteiger partial charge in [0.2, 0.25) is 0 Å². The Morgan fingerprint density at radius 3 is 2.77 bits per heavy atom. The number of rotatable bonds is 3. The molecule has 0 bridgehead atoms. The van der Waals surface area contributed by atoms with Gasteiger partial charge in [-0.25, -0.2) is 4.39 Å². The van der Waals surface area contributed by atoms with Gasteiger partial charge in [0.15, 0.2) is 0 Å². The Labute approximate surface area is 90.3 Å². The molecule has 0 heterocycles. The molecule has 0 aliphatic heterocycles. The average molecular weight is 295 g/mol. The first kappa shape index (κ1) is 10.9. The van der Waals surface area contributed by atoms with Crippen LogP contribution in [0.1, 0.15) is 11.6 Å². The zero-order valence-electron chi connectivity index (χ0n) is 7.22. The van der Waals surface area contributed by atoms with Gasteiger partial charge in [0, 0.05) is 3.57 Å². The first-order chi connectivity index (χ1) is 6.19. The van der Waals surface area contributed by atoms with Crippen LogP contribution in [0.5, 0.6) is 0 Å². The Morgan fingerprint density at radius 2 is 2.31 bits per heavy atom. The molecule has 4 heteroatoms. The van der Waals surface area contributed by atoms with E-state index in [1.807, 2.05) is 22.6 Å². The third kappa shape index (κ3) is 2.62. The third-order valence-corrected chi connectivity index (χ3v) is 2.70. The predicted molar refractivity (Wildman–Crippen MR) is 58.0 cm³/mol. The summed E-state index contributed by atoms with van der Waals surface area (Å²) in [6, 6.07) is 4.70. The molecule has 2 nitrogen and oxygen atoms in total. The summed E-state index contributed by atoms with van der Waals surface area (Å²) in [5.41, 5.74) is 0.899. The van der Waals surface area contributed by atoms with Gasteiger partial charge >= 0.3 is 0 Å². The number of aliphatic hydroxyl groups is 1. The highest BCUT2D eigenvalue weighted by Gasteiger charge is 2.09. The highest BCUT2D eigenvalue weighted by molar-refractivity contribution is 14.1. The largest absolute Gasteiger partial charge is 0.394 e. The Hall–Kier alpha value is -0.200. The van der Waals surface area contributed by atoms with Gasteiger partial charge in [-0.1, -0.05) is 6.07 Å². The fourth-order valence-corrected chi connectivity index (χ4v) is 1.63. The second kappa shape index (κ2) is 4.88. The van der Waals surface area contributed by atoms with E-state index in [1.165, 1.54) is 6.07 Å². The van der Waals surface area contributed by atoms with E-state index in [1.54, 1.807) is 19.2 Å². The minimum absolute atomic E-state index is 0.0121. The van der Waals surface area contributed by atoms with Crippen LogP contribution in [0.3, 0.4) is 0 Å². The molecule has 0 fully saturated rings. The maximum absolute atomic E-state index is 12.9. The summed E-state index contributed by atoms with van der Waals surface area (Å²) in [6.07, 6.45) is 0. The molecule has 0 amide bonds. The minimum atomic E-state index is -0.225. The topological polar surface area (TPSA) is 32.3 Å². The Morgan fingerprint density at radius 1 is 1.62 bits per heavy atom. The van der Waals surface area contributed by atoms with Crippen LogP contribution in [-0.4, -0.2) is 18.8 Å². The molecule has 0 spiro atoms. The van der Waals surface area contributed by atoms with Gasteiger partial charge in [0.1, 0.15) is 5.82 Å². The molecule has 1 atom stereocenters. The van der Waals surface area contributed by atoms with Gasteiger partial charge in [-0.2, -0.15) is 0 Å². The third-order valence-electron chi connectivity index (χ3n) is 1.88. The minimum Gasteiger partial charge on any atom is -0.394 e.